The van der Waals surface area contributed by atoms with Gasteiger partial charge in [-0.25, -0.2) is 24.7 Å². The average molecular weight is 625 g/mol. The number of nitrogen functional groups attached to an aromatic ring is 2. The van der Waals surface area contributed by atoms with Crippen LogP contribution in [0.3, 0.4) is 0 Å². The van der Waals surface area contributed by atoms with Gasteiger partial charge in [0.1, 0.15) is 23.0 Å². The summed E-state index contributed by atoms with van der Waals surface area (Å²) in [6.45, 7) is -0.328. The number of aliphatic hydroxyl groups is 2. The summed E-state index contributed by atoms with van der Waals surface area (Å²) in [5, 5.41) is 18.7. The van der Waals surface area contributed by atoms with E-state index in [-0.39, 0.29) is 24.8 Å². The number of aromatic amines is 4. The summed E-state index contributed by atoms with van der Waals surface area (Å²) in [7, 11) is 0. The van der Waals surface area contributed by atoms with Gasteiger partial charge in [0.15, 0.2) is 20.6 Å². The van der Waals surface area contributed by atoms with Crippen molar-refractivity contribution < 1.29 is 14.9 Å². The van der Waals surface area contributed by atoms with E-state index in [0.29, 0.717) is 20.4 Å². The quantitative estimate of drug-likeness (QED) is 0.0989. The lowest BCUT2D eigenvalue weighted by Gasteiger charge is -2.23. The molecular formula is C19H21BrN12O4S2. The first kappa shape index (κ1) is 27.4. The third kappa shape index (κ3) is 5.92. The largest absolute Gasteiger partial charge is 0.394 e. The number of alkyl halides is 1. The summed E-state index contributed by atoms with van der Waals surface area (Å²) in [6.07, 6.45) is 4.61. The minimum absolute atomic E-state index is 0.111. The summed E-state index contributed by atoms with van der Waals surface area (Å²) >= 11 is 13.1. The summed E-state index contributed by atoms with van der Waals surface area (Å²) in [6, 6.07) is 1.45. The van der Waals surface area contributed by atoms with Crippen molar-refractivity contribution in [3.05, 3.63) is 51.0 Å². The van der Waals surface area contributed by atoms with Crippen molar-refractivity contribution in [2.24, 2.45) is 0 Å². The third-order valence-corrected chi connectivity index (χ3v) is 6.64. The van der Waals surface area contributed by atoms with Crippen LogP contribution in [0.2, 0.25) is 0 Å². The van der Waals surface area contributed by atoms with E-state index in [2.05, 4.69) is 60.8 Å². The smallest absolute Gasteiger partial charge is 0.352 e. The Morgan fingerprint density at radius 2 is 1.74 bits per heavy atom. The van der Waals surface area contributed by atoms with Gasteiger partial charge in [-0.15, -0.1) is 0 Å². The molecule has 0 bridgehead atoms. The molecule has 0 aromatic carbocycles. The van der Waals surface area contributed by atoms with E-state index in [1.54, 1.807) is 6.33 Å². The van der Waals surface area contributed by atoms with Crippen molar-refractivity contribution in [3.8, 4) is 0 Å². The van der Waals surface area contributed by atoms with Crippen LogP contribution in [0.25, 0.3) is 22.3 Å². The maximum Gasteiger partial charge on any atom is 0.352 e. The Morgan fingerprint density at radius 1 is 1.08 bits per heavy atom. The highest BCUT2D eigenvalue weighted by Gasteiger charge is 2.46. The fourth-order valence-electron chi connectivity index (χ4n) is 3.38. The molecule has 38 heavy (non-hydrogen) atoms. The second-order valence-electron chi connectivity index (χ2n) is 7.69. The Bertz CT molecular complexity index is 1730. The third-order valence-electron chi connectivity index (χ3n) is 5.14. The van der Waals surface area contributed by atoms with E-state index >= 15 is 0 Å². The number of imidazole rings is 2. The molecule has 0 radical (unpaired) electrons. The molecule has 5 aromatic rings. The molecular weight excluding hydrogens is 604 g/mol. The van der Waals surface area contributed by atoms with Gasteiger partial charge in [0.05, 0.1) is 31.7 Å². The number of rotatable bonds is 2. The van der Waals surface area contributed by atoms with E-state index in [9.17, 15) is 9.90 Å². The molecule has 3 atom stereocenters. The molecule has 6 heterocycles. The Morgan fingerprint density at radius 3 is 2.37 bits per heavy atom. The van der Waals surface area contributed by atoms with Gasteiger partial charge in [-0.05, 0) is 22.0 Å². The Balaban J connectivity index is 0.000000139. The highest BCUT2D eigenvalue weighted by molar-refractivity contribution is 9.09. The van der Waals surface area contributed by atoms with E-state index in [4.69, 9.17) is 45.7 Å². The Hall–Kier alpha value is -3.62. The first-order valence-corrected chi connectivity index (χ1v) is 12.3. The topological polar surface area (TPSA) is 251 Å². The molecule has 1 aliphatic heterocycles. The molecule has 0 aliphatic carbocycles. The maximum atomic E-state index is 11.7. The average Bonchev–Trinajstić information content (AvgIpc) is 3.59. The number of ether oxygens (including phenoxy) is 1. The molecule has 1 fully saturated rings. The molecule has 5 aromatic heterocycles. The molecule has 16 nitrogen and oxygen atoms in total. The van der Waals surface area contributed by atoms with Gasteiger partial charge in [-0.3, -0.25) is 4.57 Å². The van der Waals surface area contributed by atoms with Crippen molar-refractivity contribution in [2.75, 3.05) is 18.1 Å². The van der Waals surface area contributed by atoms with Crippen LogP contribution in [0, 0.1) is 9.28 Å². The number of fused-ring (bicyclic) bond motifs is 2. The van der Waals surface area contributed by atoms with Crippen molar-refractivity contribution in [2.45, 2.75) is 23.3 Å². The van der Waals surface area contributed by atoms with Crippen LogP contribution in [0.15, 0.2) is 36.0 Å². The number of hydrogen-bond donors (Lipinski definition) is 8. The van der Waals surface area contributed by atoms with Gasteiger partial charge in [-0.1, -0.05) is 24.4 Å². The molecule has 0 spiro atoms. The van der Waals surface area contributed by atoms with Gasteiger partial charge in [0.2, 0.25) is 10.6 Å². The molecule has 19 heteroatoms. The standard InChI is InChI=1S/C9H12BrN3O4.C5H5N5S.C5H4N4S/c10-9(3-5(15)6(4-14)17-9)13-2-1-7(11)12-8(13)16;6-5-9-3-2(4(11)10-5)7-1-8-3;10-5-3-4(7-1-6-3)8-2-9-5/h1-2,5-6,14-15H,3-4H2,(H2,11,12,16);1H,(H4,6,7,8,9,10,11);1-2H,(H2,6,7,8,9,10)/t5-,6+,9-;;/m0../s1. The minimum atomic E-state index is -1.20. The summed E-state index contributed by atoms with van der Waals surface area (Å²) in [5.41, 5.74) is 13.1. The number of nitrogens with one attached hydrogen (secondary N) is 4. The van der Waals surface area contributed by atoms with Gasteiger partial charge in [-0.2, -0.15) is 4.98 Å². The summed E-state index contributed by atoms with van der Waals surface area (Å²) < 4.78 is 6.39. The maximum absolute atomic E-state index is 11.7. The monoisotopic (exact) mass is 624 g/mol. The molecule has 6 rings (SSSR count). The number of aliphatic hydroxyl groups excluding tert-OH is 2. The van der Waals surface area contributed by atoms with Crippen LogP contribution in [-0.4, -0.2) is 78.5 Å². The number of nitrogens with two attached hydrogens (primary N) is 2. The van der Waals surface area contributed by atoms with Gasteiger partial charge in [0, 0.05) is 12.6 Å². The molecule has 0 unspecified atom stereocenters. The Labute approximate surface area is 230 Å². The number of nitrogens with zero attached hydrogens (tertiary/aromatic N) is 6. The number of aromatic nitrogens is 10. The molecule has 1 saturated heterocycles. The van der Waals surface area contributed by atoms with Crippen molar-refractivity contribution in [3.63, 3.8) is 0 Å². The lowest BCUT2D eigenvalue weighted by atomic mass is 10.2. The first-order chi connectivity index (χ1) is 18.1. The molecule has 0 saturated carbocycles. The van der Waals surface area contributed by atoms with Crippen LogP contribution in [0.4, 0.5) is 11.8 Å². The van der Waals surface area contributed by atoms with E-state index in [0.717, 1.165) is 11.2 Å². The first-order valence-electron chi connectivity index (χ1n) is 10.7. The summed E-state index contributed by atoms with van der Waals surface area (Å²) in [4.78, 5) is 42.2. The van der Waals surface area contributed by atoms with Crippen molar-refractivity contribution >= 4 is 74.5 Å². The van der Waals surface area contributed by atoms with E-state index in [1.165, 1.54) is 29.5 Å². The number of anilines is 2. The van der Waals surface area contributed by atoms with Crippen LogP contribution in [0.1, 0.15) is 6.42 Å². The highest BCUT2D eigenvalue weighted by atomic mass is 79.9. The van der Waals surface area contributed by atoms with Crippen LogP contribution >= 0.6 is 40.4 Å². The van der Waals surface area contributed by atoms with Gasteiger partial charge >= 0.3 is 5.69 Å². The second kappa shape index (κ2) is 11.4. The lowest BCUT2D eigenvalue weighted by molar-refractivity contribution is -0.0607. The van der Waals surface area contributed by atoms with Crippen molar-refractivity contribution in [1.82, 2.24) is 49.4 Å². The van der Waals surface area contributed by atoms with Crippen molar-refractivity contribution in [1.29, 1.82) is 0 Å². The molecule has 200 valence electrons. The van der Waals surface area contributed by atoms with Gasteiger partial charge in [0.25, 0.3) is 0 Å². The van der Waals surface area contributed by atoms with Crippen LogP contribution in [0.5, 0.6) is 0 Å². The Kier molecular flexibility index (Phi) is 8.23. The van der Waals surface area contributed by atoms with E-state index in [1.807, 2.05) is 0 Å². The number of halogens is 1. The fourth-order valence-corrected chi connectivity index (χ4v) is 4.69. The number of H-pyrrole nitrogens is 4. The van der Waals surface area contributed by atoms with E-state index < -0.39 is 22.5 Å². The summed E-state index contributed by atoms with van der Waals surface area (Å²) in [5.74, 6) is 0.397. The van der Waals surface area contributed by atoms with Crippen LogP contribution < -0.4 is 17.2 Å². The fraction of sp³-hybridized carbons (Fsp3) is 0.263. The zero-order valence-electron chi connectivity index (χ0n) is 19.2. The highest BCUT2D eigenvalue weighted by Crippen LogP contribution is 2.39. The van der Waals surface area contributed by atoms with Gasteiger partial charge < -0.3 is 46.4 Å². The predicted octanol–water partition coefficient (Wildman–Crippen LogP) is 0.586. The second-order valence-corrected chi connectivity index (χ2v) is 9.70. The minimum Gasteiger partial charge on any atom is -0.394 e. The molecule has 1 aliphatic rings. The normalized spacial score (nSPS) is 20.5. The van der Waals surface area contributed by atoms with Crippen LogP contribution in [-0.2, 0) is 9.37 Å². The number of hydrogen-bond acceptors (Lipinski definition) is 13. The zero-order chi connectivity index (χ0) is 27.4. The lowest BCUT2D eigenvalue weighted by Crippen LogP contribution is -2.37. The molecule has 10 N–H and O–H groups in total. The zero-order valence-corrected chi connectivity index (χ0v) is 22.4. The molecule has 0 amide bonds. The predicted molar refractivity (Wildman–Crippen MR) is 145 cm³/mol. The SMILES string of the molecule is Nc1ccn([C@@]2(Br)C[C@H](O)[C@@H](CO)O2)c(=O)n1.Nc1nc(=S)c2[nH]cnc2[nH]1.S=c1nc[nH]c2nc[nH]c12.